The second-order valence-electron chi connectivity index (χ2n) is 6.59. The minimum atomic E-state index is 0.684. The van der Waals surface area contributed by atoms with Crippen LogP contribution in [0.25, 0.3) is 22.2 Å². The van der Waals surface area contributed by atoms with Gasteiger partial charge in [0.05, 0.1) is 11.2 Å². The van der Waals surface area contributed by atoms with Crippen molar-refractivity contribution in [2.24, 2.45) is 5.92 Å². The molecular formula is C20H20ClN3. The van der Waals surface area contributed by atoms with E-state index < -0.39 is 0 Å². The van der Waals surface area contributed by atoms with E-state index in [0.717, 1.165) is 41.2 Å². The summed E-state index contributed by atoms with van der Waals surface area (Å²) in [4.78, 5) is 12.1. The number of aromatic nitrogens is 2. The number of hydrogen-bond donors (Lipinski definition) is 0. The van der Waals surface area contributed by atoms with Crippen molar-refractivity contribution in [3.8, 4) is 11.3 Å². The fourth-order valence-corrected chi connectivity index (χ4v) is 3.59. The molecule has 0 amide bonds. The van der Waals surface area contributed by atoms with E-state index >= 15 is 0 Å². The van der Waals surface area contributed by atoms with Gasteiger partial charge in [0.25, 0.3) is 0 Å². The minimum Gasteiger partial charge on any atom is -0.341 e. The molecule has 3 aromatic rings. The van der Waals surface area contributed by atoms with Gasteiger partial charge in [-0.25, -0.2) is 9.97 Å². The summed E-state index contributed by atoms with van der Waals surface area (Å²) in [5.74, 6) is 1.51. The molecule has 122 valence electrons. The largest absolute Gasteiger partial charge is 0.341 e. The average molecular weight is 338 g/mol. The Hall–Kier alpha value is -2.13. The van der Waals surface area contributed by atoms with Gasteiger partial charge in [0.2, 0.25) is 5.95 Å². The summed E-state index contributed by atoms with van der Waals surface area (Å²) in [5.41, 5.74) is 3.00. The number of benzene rings is 2. The van der Waals surface area contributed by atoms with Gasteiger partial charge in [0.15, 0.2) is 0 Å². The predicted molar refractivity (Wildman–Crippen MR) is 101 cm³/mol. The molecule has 1 saturated heterocycles. The highest BCUT2D eigenvalue weighted by Gasteiger charge is 2.20. The predicted octanol–water partition coefficient (Wildman–Crippen LogP) is 5.19. The molecular weight excluding hydrogens is 318 g/mol. The summed E-state index contributed by atoms with van der Waals surface area (Å²) in [7, 11) is 0. The first-order chi connectivity index (χ1) is 11.7. The number of fused-ring (bicyclic) bond motifs is 1. The lowest BCUT2D eigenvalue weighted by Crippen LogP contribution is -2.35. The Morgan fingerprint density at radius 1 is 1.08 bits per heavy atom. The fourth-order valence-electron chi connectivity index (χ4n) is 3.42. The molecule has 24 heavy (non-hydrogen) atoms. The molecule has 1 aromatic heterocycles. The molecule has 0 aliphatic carbocycles. The summed E-state index contributed by atoms with van der Waals surface area (Å²) in [6.07, 6.45) is 2.48. The number of rotatable bonds is 2. The van der Waals surface area contributed by atoms with Crippen molar-refractivity contribution < 1.29 is 0 Å². The van der Waals surface area contributed by atoms with Crippen LogP contribution in [0.3, 0.4) is 0 Å². The van der Waals surface area contributed by atoms with Gasteiger partial charge in [-0.3, -0.25) is 0 Å². The molecule has 1 atom stereocenters. The molecule has 4 rings (SSSR count). The normalized spacial score (nSPS) is 18.1. The van der Waals surface area contributed by atoms with Crippen LogP contribution in [0.5, 0.6) is 0 Å². The van der Waals surface area contributed by atoms with Gasteiger partial charge < -0.3 is 4.90 Å². The second kappa shape index (κ2) is 6.40. The highest BCUT2D eigenvalue weighted by Crippen LogP contribution is 2.31. The zero-order valence-electron chi connectivity index (χ0n) is 13.7. The number of halogens is 1. The molecule has 0 saturated carbocycles. The van der Waals surface area contributed by atoms with Gasteiger partial charge >= 0.3 is 0 Å². The summed E-state index contributed by atoms with van der Waals surface area (Å²) < 4.78 is 0. The van der Waals surface area contributed by atoms with Crippen molar-refractivity contribution >= 4 is 28.5 Å². The molecule has 1 aliphatic rings. The van der Waals surface area contributed by atoms with E-state index in [1.165, 1.54) is 12.8 Å². The van der Waals surface area contributed by atoms with E-state index in [-0.39, 0.29) is 0 Å². The van der Waals surface area contributed by atoms with Crippen molar-refractivity contribution in [1.82, 2.24) is 9.97 Å². The van der Waals surface area contributed by atoms with Gasteiger partial charge in [-0.1, -0.05) is 48.9 Å². The van der Waals surface area contributed by atoms with Crippen molar-refractivity contribution in [1.29, 1.82) is 0 Å². The van der Waals surface area contributed by atoms with E-state index in [0.29, 0.717) is 10.9 Å². The number of piperidine rings is 1. The van der Waals surface area contributed by atoms with Gasteiger partial charge in [-0.15, -0.1) is 0 Å². The molecule has 3 nitrogen and oxygen atoms in total. The maximum absolute atomic E-state index is 6.22. The first-order valence-corrected chi connectivity index (χ1v) is 8.86. The summed E-state index contributed by atoms with van der Waals surface area (Å²) in [5, 5.41) is 1.71. The van der Waals surface area contributed by atoms with E-state index in [1.807, 2.05) is 36.4 Å². The van der Waals surface area contributed by atoms with Gasteiger partial charge in [-0.2, -0.15) is 0 Å². The standard InChI is InChI=1S/C20H20ClN3/c1-14-6-5-11-24(13-14)20-22-18-10-9-16(21)12-17(18)19(23-20)15-7-3-2-4-8-15/h2-4,7-10,12,14H,5-6,11,13H2,1H3/t14-/m1/s1. The number of nitrogens with zero attached hydrogens (tertiary/aromatic N) is 3. The van der Waals surface area contributed by atoms with Gasteiger partial charge in [0, 0.05) is 29.1 Å². The zero-order valence-corrected chi connectivity index (χ0v) is 14.5. The van der Waals surface area contributed by atoms with Crippen LogP contribution >= 0.6 is 11.6 Å². The lowest BCUT2D eigenvalue weighted by Gasteiger charge is -2.31. The summed E-state index contributed by atoms with van der Waals surface area (Å²) in [6, 6.07) is 16.1. The van der Waals surface area contributed by atoms with Crippen LogP contribution in [0.2, 0.25) is 5.02 Å². The van der Waals surface area contributed by atoms with Crippen LogP contribution in [-0.4, -0.2) is 23.1 Å². The van der Waals surface area contributed by atoms with Crippen LogP contribution < -0.4 is 4.90 Å². The van der Waals surface area contributed by atoms with Gasteiger partial charge in [-0.05, 0) is 37.0 Å². The lowest BCUT2D eigenvalue weighted by atomic mass is 10.0. The van der Waals surface area contributed by atoms with Crippen LogP contribution in [0, 0.1) is 5.92 Å². The minimum absolute atomic E-state index is 0.684. The average Bonchev–Trinajstić information content (AvgIpc) is 2.61. The third kappa shape index (κ3) is 2.96. The number of anilines is 1. The smallest absolute Gasteiger partial charge is 0.226 e. The first kappa shape index (κ1) is 15.4. The van der Waals surface area contributed by atoms with Crippen molar-refractivity contribution in [3.63, 3.8) is 0 Å². The molecule has 1 aliphatic heterocycles. The topological polar surface area (TPSA) is 29.0 Å². The monoisotopic (exact) mass is 337 g/mol. The molecule has 2 heterocycles. The Kier molecular flexibility index (Phi) is 4.11. The molecule has 0 radical (unpaired) electrons. The Morgan fingerprint density at radius 2 is 1.92 bits per heavy atom. The summed E-state index contributed by atoms with van der Waals surface area (Å²) >= 11 is 6.22. The third-order valence-electron chi connectivity index (χ3n) is 4.63. The SMILES string of the molecule is C[C@@H]1CCCN(c2nc(-c3ccccc3)c3cc(Cl)ccc3n2)C1. The summed E-state index contributed by atoms with van der Waals surface area (Å²) in [6.45, 7) is 4.34. The van der Waals surface area contributed by atoms with E-state index in [9.17, 15) is 0 Å². The van der Waals surface area contributed by atoms with Crippen molar-refractivity contribution in [2.45, 2.75) is 19.8 Å². The van der Waals surface area contributed by atoms with Crippen LogP contribution in [0.15, 0.2) is 48.5 Å². The van der Waals surface area contributed by atoms with Gasteiger partial charge in [0.1, 0.15) is 0 Å². The molecule has 4 heteroatoms. The third-order valence-corrected chi connectivity index (χ3v) is 4.87. The highest BCUT2D eigenvalue weighted by atomic mass is 35.5. The molecule has 0 spiro atoms. The molecule has 2 aromatic carbocycles. The second-order valence-corrected chi connectivity index (χ2v) is 7.03. The Morgan fingerprint density at radius 3 is 2.71 bits per heavy atom. The van der Waals surface area contributed by atoms with Crippen LogP contribution in [0.4, 0.5) is 5.95 Å². The molecule has 0 N–H and O–H groups in total. The maximum Gasteiger partial charge on any atom is 0.226 e. The lowest BCUT2D eigenvalue weighted by molar-refractivity contribution is 0.442. The maximum atomic E-state index is 6.22. The number of hydrogen-bond acceptors (Lipinski definition) is 3. The van der Waals surface area contributed by atoms with E-state index in [1.54, 1.807) is 0 Å². The Labute approximate surface area is 147 Å². The van der Waals surface area contributed by atoms with Crippen LogP contribution in [0.1, 0.15) is 19.8 Å². The zero-order chi connectivity index (χ0) is 16.5. The van der Waals surface area contributed by atoms with Crippen LogP contribution in [-0.2, 0) is 0 Å². The molecule has 1 fully saturated rings. The van der Waals surface area contributed by atoms with Crippen molar-refractivity contribution in [2.75, 3.05) is 18.0 Å². The highest BCUT2D eigenvalue weighted by molar-refractivity contribution is 6.31. The Balaban J connectivity index is 1.89. The molecule has 0 bridgehead atoms. The first-order valence-electron chi connectivity index (χ1n) is 8.48. The van der Waals surface area contributed by atoms with E-state index in [4.69, 9.17) is 21.6 Å². The fraction of sp³-hybridized carbons (Fsp3) is 0.300. The Bertz CT molecular complexity index is 863. The molecule has 0 unspecified atom stereocenters. The quantitative estimate of drug-likeness (QED) is 0.644. The van der Waals surface area contributed by atoms with E-state index in [2.05, 4.69) is 24.0 Å². The van der Waals surface area contributed by atoms with Crippen molar-refractivity contribution in [3.05, 3.63) is 53.6 Å².